The lowest BCUT2D eigenvalue weighted by Gasteiger charge is -2.17. The Bertz CT molecular complexity index is 1800. The van der Waals surface area contributed by atoms with Gasteiger partial charge in [-0.1, -0.05) is 29.5 Å². The van der Waals surface area contributed by atoms with Crippen molar-refractivity contribution in [1.82, 2.24) is 25.1 Å². The molecule has 2 aromatic carbocycles. The van der Waals surface area contributed by atoms with E-state index in [1.807, 2.05) is 45.9 Å². The minimum Gasteiger partial charge on any atom is -0.324 e. The van der Waals surface area contributed by atoms with Gasteiger partial charge in [0.15, 0.2) is 15.7 Å². The van der Waals surface area contributed by atoms with Gasteiger partial charge in [0.2, 0.25) is 5.95 Å². The molecule has 4 N–H and O–H groups in total. The monoisotopic (exact) mass is 551 g/mol. The number of rotatable bonds is 7. The number of thiazole rings is 1. The van der Waals surface area contributed by atoms with E-state index in [1.54, 1.807) is 36.5 Å². The van der Waals surface area contributed by atoms with Crippen LogP contribution in [0.1, 0.15) is 51.5 Å². The number of nitriles is 1. The van der Waals surface area contributed by atoms with Crippen LogP contribution in [0.5, 0.6) is 0 Å². The number of aromatic nitrogens is 5. The van der Waals surface area contributed by atoms with E-state index < -0.39 is 5.41 Å². The van der Waals surface area contributed by atoms with Gasteiger partial charge in [-0.2, -0.15) is 15.3 Å². The van der Waals surface area contributed by atoms with Crippen molar-refractivity contribution in [2.24, 2.45) is 0 Å². The topological polar surface area (TPSA) is 161 Å². The first-order valence-electron chi connectivity index (χ1n) is 12.3. The van der Waals surface area contributed by atoms with Crippen LogP contribution in [0.2, 0.25) is 0 Å². The molecule has 0 saturated carbocycles. The highest BCUT2D eigenvalue weighted by molar-refractivity contribution is 7.22. The Balaban J connectivity index is 1.31. The molecule has 0 aliphatic carbocycles. The first kappa shape index (κ1) is 26.5. The maximum Gasteiger partial charge on any atom is 0.277 e. The number of carbonyl (C=O) groups is 2. The maximum atomic E-state index is 13.0. The van der Waals surface area contributed by atoms with Gasteiger partial charge >= 0.3 is 0 Å². The summed E-state index contributed by atoms with van der Waals surface area (Å²) in [6.07, 6.45) is 1.58. The molecule has 3 heterocycles. The van der Waals surface area contributed by atoms with Gasteiger partial charge in [0.05, 0.1) is 17.7 Å². The quantitative estimate of drug-likeness (QED) is 0.207. The fraction of sp³-hybridized carbons (Fsp3) is 0.179. The fourth-order valence-electron chi connectivity index (χ4n) is 3.82. The number of fused-ring (bicyclic) bond motifs is 1. The van der Waals surface area contributed by atoms with Crippen LogP contribution in [-0.2, 0) is 5.41 Å². The zero-order valence-corrected chi connectivity index (χ0v) is 23.0. The minimum atomic E-state index is -0.707. The van der Waals surface area contributed by atoms with E-state index in [0.717, 1.165) is 16.8 Å². The Morgan fingerprint density at radius 1 is 1.02 bits per heavy atom. The van der Waals surface area contributed by atoms with Crippen LogP contribution >= 0.6 is 11.3 Å². The van der Waals surface area contributed by atoms with Crippen molar-refractivity contribution in [1.29, 1.82) is 5.26 Å². The average Bonchev–Trinajstić information content (AvgIpc) is 3.55. The molecule has 40 heavy (non-hydrogen) atoms. The molecular formula is C28H25N9O2S. The molecule has 200 valence electrons. The Morgan fingerprint density at radius 2 is 1.85 bits per heavy atom. The van der Waals surface area contributed by atoms with E-state index in [1.165, 1.54) is 11.3 Å². The summed E-state index contributed by atoms with van der Waals surface area (Å²) in [6, 6.07) is 16.5. The van der Waals surface area contributed by atoms with Gasteiger partial charge < -0.3 is 10.6 Å². The third-order valence-electron chi connectivity index (χ3n) is 6.18. The van der Waals surface area contributed by atoms with Crippen molar-refractivity contribution >= 4 is 56.0 Å². The molecule has 5 aromatic rings. The van der Waals surface area contributed by atoms with Crippen molar-refractivity contribution < 1.29 is 9.59 Å². The summed E-state index contributed by atoms with van der Waals surface area (Å²) in [4.78, 5) is 39.2. The van der Waals surface area contributed by atoms with E-state index in [9.17, 15) is 14.9 Å². The second kappa shape index (κ2) is 10.5. The van der Waals surface area contributed by atoms with Crippen molar-refractivity contribution in [3.8, 4) is 6.07 Å². The molecule has 3 aromatic heterocycles. The van der Waals surface area contributed by atoms with Crippen molar-refractivity contribution in [2.75, 3.05) is 16.0 Å². The number of hydrogen-bond donors (Lipinski definition) is 4. The van der Waals surface area contributed by atoms with Gasteiger partial charge in [-0.15, -0.1) is 0 Å². The van der Waals surface area contributed by atoms with E-state index in [2.05, 4.69) is 47.2 Å². The van der Waals surface area contributed by atoms with E-state index in [0.29, 0.717) is 38.4 Å². The molecule has 0 saturated heterocycles. The highest BCUT2D eigenvalue weighted by atomic mass is 32.1. The summed E-state index contributed by atoms with van der Waals surface area (Å²) < 4.78 is 0. The van der Waals surface area contributed by atoms with Crippen molar-refractivity contribution in [2.45, 2.75) is 33.1 Å². The number of aryl methyl sites for hydroxylation is 2. The van der Waals surface area contributed by atoms with Gasteiger partial charge in [0.25, 0.3) is 11.8 Å². The van der Waals surface area contributed by atoms with Gasteiger partial charge in [-0.25, -0.2) is 9.97 Å². The number of hydrogen-bond acceptors (Lipinski definition) is 9. The fourth-order valence-corrected chi connectivity index (χ4v) is 4.62. The van der Waals surface area contributed by atoms with Crippen LogP contribution in [0.3, 0.4) is 0 Å². The third kappa shape index (κ3) is 5.64. The van der Waals surface area contributed by atoms with Crippen molar-refractivity contribution in [3.05, 3.63) is 82.8 Å². The lowest BCUT2D eigenvalue weighted by Crippen LogP contribution is -2.17. The summed E-state index contributed by atoms with van der Waals surface area (Å²) in [7, 11) is 0. The van der Waals surface area contributed by atoms with E-state index >= 15 is 0 Å². The van der Waals surface area contributed by atoms with Crippen molar-refractivity contribution in [3.63, 3.8) is 0 Å². The molecule has 5 rings (SSSR count). The molecule has 0 aliphatic rings. The number of amides is 2. The van der Waals surface area contributed by atoms with Crippen LogP contribution in [0.15, 0.2) is 54.7 Å². The Morgan fingerprint density at radius 3 is 2.60 bits per heavy atom. The minimum absolute atomic E-state index is 0.270. The van der Waals surface area contributed by atoms with Gasteiger partial charge in [0, 0.05) is 22.6 Å². The predicted octanol–water partition coefficient (Wildman–Crippen LogP) is 5.48. The number of H-pyrrole nitrogens is 1. The number of carbonyl (C=O) groups excluding carboxylic acids is 2. The maximum absolute atomic E-state index is 13.0. The summed E-state index contributed by atoms with van der Waals surface area (Å²) in [5, 5.41) is 25.4. The van der Waals surface area contributed by atoms with Crippen LogP contribution < -0.4 is 16.0 Å². The SMILES string of the molecule is Cc1cc(C(=O)Nc2nc3cnc(Nc4cc(NC(=O)c5cccc(C(C)(C)C#N)c5)ccc4C)nc3s2)n[nH]1. The Labute approximate surface area is 233 Å². The number of nitrogens with zero attached hydrogens (tertiary/aromatic N) is 5. The average molecular weight is 552 g/mol. The lowest BCUT2D eigenvalue weighted by molar-refractivity contribution is 0.101. The molecule has 0 aliphatic heterocycles. The first-order valence-corrected chi connectivity index (χ1v) is 13.1. The number of benzene rings is 2. The zero-order valence-electron chi connectivity index (χ0n) is 22.2. The third-order valence-corrected chi connectivity index (χ3v) is 7.06. The summed E-state index contributed by atoms with van der Waals surface area (Å²) in [6.45, 7) is 7.36. The molecular weight excluding hydrogens is 526 g/mol. The summed E-state index contributed by atoms with van der Waals surface area (Å²) >= 11 is 1.22. The Hall–Kier alpha value is -5.15. The van der Waals surface area contributed by atoms with Crippen LogP contribution in [0.25, 0.3) is 10.3 Å². The van der Waals surface area contributed by atoms with Crippen LogP contribution in [0, 0.1) is 25.2 Å². The van der Waals surface area contributed by atoms with Gasteiger partial charge in [-0.3, -0.25) is 20.0 Å². The normalized spacial score (nSPS) is 11.2. The number of aromatic amines is 1. The van der Waals surface area contributed by atoms with Gasteiger partial charge in [0.1, 0.15) is 5.52 Å². The molecule has 0 spiro atoms. The Kier molecular flexibility index (Phi) is 6.98. The van der Waals surface area contributed by atoms with E-state index in [4.69, 9.17) is 0 Å². The van der Waals surface area contributed by atoms with Gasteiger partial charge in [-0.05, 0) is 69.2 Å². The van der Waals surface area contributed by atoms with Crippen LogP contribution in [-0.4, -0.2) is 37.0 Å². The molecule has 0 unspecified atom stereocenters. The molecule has 0 radical (unpaired) electrons. The van der Waals surface area contributed by atoms with E-state index in [-0.39, 0.29) is 17.5 Å². The molecule has 0 atom stereocenters. The summed E-state index contributed by atoms with van der Waals surface area (Å²) in [5.74, 6) is -0.313. The summed E-state index contributed by atoms with van der Waals surface area (Å²) in [5.41, 5.74) is 4.33. The largest absolute Gasteiger partial charge is 0.324 e. The molecule has 0 bridgehead atoms. The molecule has 11 nitrogen and oxygen atoms in total. The standard InChI is InChI=1S/C28H25N9O2S/c1-15-8-9-19(31-23(38)17-6-5-7-18(11-17)28(3,4)14-29)12-20(15)32-26-30-13-22-25(35-26)40-27(33-22)34-24(39)21-10-16(2)36-37-21/h5-13H,1-4H3,(H,31,38)(H,36,37)(H,30,32,35)(H,33,34,39). The molecule has 0 fully saturated rings. The highest BCUT2D eigenvalue weighted by Gasteiger charge is 2.21. The predicted molar refractivity (Wildman–Crippen MR) is 154 cm³/mol. The second-order valence-corrected chi connectivity index (χ2v) is 10.7. The molecule has 2 amide bonds. The highest BCUT2D eigenvalue weighted by Crippen LogP contribution is 2.28. The number of nitrogens with one attached hydrogen (secondary N) is 4. The lowest BCUT2D eigenvalue weighted by atomic mass is 9.85. The smallest absolute Gasteiger partial charge is 0.277 e. The first-order chi connectivity index (χ1) is 19.1. The zero-order chi connectivity index (χ0) is 28.4. The molecule has 12 heteroatoms. The second-order valence-electron chi connectivity index (χ2n) is 9.72. The number of anilines is 4. The van der Waals surface area contributed by atoms with Crippen LogP contribution in [0.4, 0.5) is 22.5 Å².